The highest BCUT2D eigenvalue weighted by atomic mass is 31.1. The van der Waals surface area contributed by atoms with Crippen LogP contribution in [-0.2, 0) is 4.57 Å². The molecule has 0 radical (unpaired) electrons. The van der Waals surface area contributed by atoms with Crippen molar-refractivity contribution in [1.29, 1.82) is 0 Å². The molecule has 0 aliphatic carbocycles. The molecule has 104 valence electrons. The van der Waals surface area contributed by atoms with E-state index >= 15 is 0 Å². The van der Waals surface area contributed by atoms with Gasteiger partial charge in [-0.1, -0.05) is 24.3 Å². The van der Waals surface area contributed by atoms with Crippen molar-refractivity contribution >= 4 is 8.46 Å². The molecule has 0 saturated heterocycles. The molecule has 0 atom stereocenters. The Kier molecular flexibility index (Phi) is 4.10. The Hall–Kier alpha value is -1.86. The van der Waals surface area contributed by atoms with Gasteiger partial charge >= 0.3 is 0 Å². The van der Waals surface area contributed by atoms with Crippen LogP contribution in [0.1, 0.15) is 30.9 Å². The number of phenols is 2. The Bertz CT molecular complexity index is 543. The van der Waals surface area contributed by atoms with E-state index in [-0.39, 0.29) is 25.9 Å². The van der Waals surface area contributed by atoms with Gasteiger partial charge in [0.05, 0.1) is 5.16 Å². The summed E-state index contributed by atoms with van der Waals surface area (Å²) < 4.78 is 11.5. The SMILES string of the molecule is CC(C)(P=O)C(c1ccc(O)cc1)c1ccc(O)cc1. The molecule has 2 aromatic rings. The van der Waals surface area contributed by atoms with Gasteiger partial charge in [0, 0.05) is 5.92 Å². The number of hydrogen-bond acceptors (Lipinski definition) is 3. The molecule has 4 heteroatoms. The summed E-state index contributed by atoms with van der Waals surface area (Å²) in [5, 5.41) is 18.3. The average molecular weight is 288 g/mol. The van der Waals surface area contributed by atoms with Crippen LogP contribution in [0.2, 0.25) is 0 Å². The predicted molar refractivity (Wildman–Crippen MR) is 79.7 cm³/mol. The lowest BCUT2D eigenvalue weighted by Crippen LogP contribution is -2.23. The highest BCUT2D eigenvalue weighted by molar-refractivity contribution is 7.26. The fourth-order valence-corrected chi connectivity index (χ4v) is 2.80. The van der Waals surface area contributed by atoms with Crippen LogP contribution < -0.4 is 0 Å². The van der Waals surface area contributed by atoms with Crippen LogP contribution in [0.5, 0.6) is 11.5 Å². The summed E-state index contributed by atoms with van der Waals surface area (Å²) in [6.45, 7) is 3.85. The van der Waals surface area contributed by atoms with Crippen LogP contribution in [0, 0.1) is 0 Å². The van der Waals surface area contributed by atoms with Crippen molar-refractivity contribution in [3.63, 3.8) is 0 Å². The van der Waals surface area contributed by atoms with Gasteiger partial charge in [0.1, 0.15) is 11.5 Å². The van der Waals surface area contributed by atoms with Crippen LogP contribution in [0.4, 0.5) is 0 Å². The first-order valence-electron chi connectivity index (χ1n) is 6.36. The minimum atomic E-state index is -0.492. The molecule has 0 unspecified atom stereocenters. The first-order chi connectivity index (χ1) is 9.44. The van der Waals surface area contributed by atoms with E-state index in [4.69, 9.17) is 0 Å². The molecule has 2 aromatic carbocycles. The Morgan fingerprint density at radius 1 is 0.850 bits per heavy atom. The molecular weight excluding hydrogens is 271 g/mol. The summed E-state index contributed by atoms with van der Waals surface area (Å²) in [4.78, 5) is 0. The van der Waals surface area contributed by atoms with Crippen molar-refractivity contribution in [2.24, 2.45) is 0 Å². The van der Waals surface area contributed by atoms with E-state index in [9.17, 15) is 14.8 Å². The summed E-state index contributed by atoms with van der Waals surface area (Å²) in [6, 6.07) is 13.8. The molecule has 2 N–H and O–H groups in total. The highest BCUT2D eigenvalue weighted by Crippen LogP contribution is 2.43. The molecule has 0 aliphatic rings. The average Bonchev–Trinajstić information content (AvgIpc) is 2.43. The van der Waals surface area contributed by atoms with Gasteiger partial charge in [-0.25, -0.2) is 0 Å². The molecule has 0 saturated carbocycles. The van der Waals surface area contributed by atoms with E-state index in [0.717, 1.165) is 11.1 Å². The van der Waals surface area contributed by atoms with Crippen molar-refractivity contribution in [1.82, 2.24) is 0 Å². The summed E-state index contributed by atoms with van der Waals surface area (Å²) in [7, 11) is 0.0468. The lowest BCUT2D eigenvalue weighted by Gasteiger charge is -2.29. The van der Waals surface area contributed by atoms with E-state index < -0.39 is 5.16 Å². The van der Waals surface area contributed by atoms with Crippen molar-refractivity contribution < 1.29 is 14.8 Å². The number of aromatic hydroxyl groups is 2. The normalized spacial score (nSPS) is 11.9. The van der Waals surface area contributed by atoms with Gasteiger partial charge in [0.15, 0.2) is 8.46 Å². The third-order valence-corrected chi connectivity index (χ3v) is 4.12. The molecular formula is C16H17O3P. The molecule has 0 fully saturated rings. The van der Waals surface area contributed by atoms with Crippen LogP contribution in [0.3, 0.4) is 0 Å². The molecule has 0 heterocycles. The zero-order chi connectivity index (χ0) is 14.8. The Morgan fingerprint density at radius 2 is 1.20 bits per heavy atom. The molecule has 3 nitrogen and oxygen atoms in total. The van der Waals surface area contributed by atoms with Crippen LogP contribution in [0.15, 0.2) is 48.5 Å². The molecule has 0 aromatic heterocycles. The van der Waals surface area contributed by atoms with Crippen LogP contribution in [0.25, 0.3) is 0 Å². The second-order valence-electron chi connectivity index (χ2n) is 5.36. The summed E-state index contributed by atoms with van der Waals surface area (Å²) in [5.74, 6) is 0.314. The largest absolute Gasteiger partial charge is 0.508 e. The monoisotopic (exact) mass is 288 g/mol. The zero-order valence-electron chi connectivity index (χ0n) is 11.4. The van der Waals surface area contributed by atoms with Crippen LogP contribution >= 0.6 is 8.46 Å². The fourth-order valence-electron chi connectivity index (χ4n) is 2.39. The number of rotatable bonds is 4. The number of benzene rings is 2. The summed E-state index contributed by atoms with van der Waals surface area (Å²) in [5.41, 5.74) is 1.95. The minimum absolute atomic E-state index is 0.0468. The van der Waals surface area contributed by atoms with Crippen LogP contribution in [-0.4, -0.2) is 15.4 Å². The minimum Gasteiger partial charge on any atom is -0.508 e. The van der Waals surface area contributed by atoms with Crippen molar-refractivity contribution in [2.75, 3.05) is 0 Å². The first kappa shape index (κ1) is 14.5. The van der Waals surface area contributed by atoms with Gasteiger partial charge in [0.2, 0.25) is 0 Å². The van der Waals surface area contributed by atoms with E-state index in [1.54, 1.807) is 24.3 Å². The maximum absolute atomic E-state index is 11.5. The summed E-state index contributed by atoms with van der Waals surface area (Å²) >= 11 is 0. The molecule has 20 heavy (non-hydrogen) atoms. The molecule has 0 spiro atoms. The highest BCUT2D eigenvalue weighted by Gasteiger charge is 2.33. The van der Waals surface area contributed by atoms with Gasteiger partial charge in [-0.15, -0.1) is 0 Å². The Balaban J connectivity index is 2.52. The van der Waals surface area contributed by atoms with Crippen molar-refractivity contribution in [3.8, 4) is 11.5 Å². The zero-order valence-corrected chi connectivity index (χ0v) is 12.3. The number of hydrogen-bond donors (Lipinski definition) is 2. The lowest BCUT2D eigenvalue weighted by molar-refractivity contribution is 0.474. The van der Waals surface area contributed by atoms with E-state index in [0.29, 0.717) is 0 Å². The van der Waals surface area contributed by atoms with Crippen molar-refractivity contribution in [2.45, 2.75) is 24.9 Å². The number of phenolic OH excluding ortho intramolecular Hbond substituents is 2. The third-order valence-electron chi connectivity index (χ3n) is 3.39. The molecule has 0 amide bonds. The van der Waals surface area contributed by atoms with Crippen molar-refractivity contribution in [3.05, 3.63) is 59.7 Å². The first-order valence-corrected chi connectivity index (χ1v) is 7.17. The lowest BCUT2D eigenvalue weighted by atomic mass is 9.82. The van der Waals surface area contributed by atoms with E-state index in [2.05, 4.69) is 0 Å². The molecule has 2 rings (SSSR count). The Morgan fingerprint density at radius 3 is 1.50 bits per heavy atom. The topological polar surface area (TPSA) is 57.5 Å². The van der Waals surface area contributed by atoms with E-state index in [1.807, 2.05) is 38.1 Å². The summed E-state index contributed by atoms with van der Waals surface area (Å²) in [6.07, 6.45) is 0. The maximum Gasteiger partial charge on any atom is 0.162 e. The fraction of sp³-hybridized carbons (Fsp3) is 0.250. The van der Waals surface area contributed by atoms with E-state index in [1.165, 1.54) is 0 Å². The quantitative estimate of drug-likeness (QED) is 0.825. The molecule has 0 aliphatic heterocycles. The van der Waals surface area contributed by atoms with Gasteiger partial charge in [-0.2, -0.15) is 0 Å². The third kappa shape index (κ3) is 3.00. The molecule has 0 bridgehead atoms. The standard InChI is InChI=1S/C16H17O3P/c1-16(2,20-19)15(11-3-7-13(17)8-4-11)12-5-9-14(18)10-6-12/h3-10,15,17-18H,1-2H3. The second-order valence-corrected chi connectivity index (χ2v) is 6.70. The van der Waals surface area contributed by atoms with Gasteiger partial charge in [0.25, 0.3) is 0 Å². The maximum atomic E-state index is 11.5. The Labute approximate surface area is 120 Å². The van der Waals surface area contributed by atoms with Gasteiger partial charge in [-0.3, -0.25) is 4.57 Å². The smallest absolute Gasteiger partial charge is 0.162 e. The predicted octanol–water partition coefficient (Wildman–Crippen LogP) is 4.30. The van der Waals surface area contributed by atoms with Gasteiger partial charge in [-0.05, 0) is 49.2 Å². The van der Waals surface area contributed by atoms with Gasteiger partial charge < -0.3 is 10.2 Å². The second kappa shape index (κ2) is 5.64.